The van der Waals surface area contributed by atoms with Gasteiger partial charge in [0.1, 0.15) is 5.84 Å². The predicted molar refractivity (Wildman–Crippen MR) is 75.8 cm³/mol. The largest absolute Gasteiger partial charge is 0.484 e. The number of amidine groups is 1. The predicted octanol–water partition coefficient (Wildman–Crippen LogP) is 1.54. The van der Waals surface area contributed by atoms with E-state index in [4.69, 9.17) is 15.9 Å². The lowest BCUT2D eigenvalue weighted by Gasteiger charge is -2.09. The van der Waals surface area contributed by atoms with Crippen molar-refractivity contribution in [3.63, 3.8) is 0 Å². The number of ether oxygens (including phenoxy) is 1. The van der Waals surface area contributed by atoms with Crippen LogP contribution in [-0.4, -0.2) is 23.8 Å². The van der Waals surface area contributed by atoms with Crippen molar-refractivity contribution in [1.29, 1.82) is 5.41 Å². The molecule has 7 heteroatoms. The molecular formula is C13H18FN5O. The molecule has 0 spiro atoms. The Bertz CT molecular complexity index is 536. The van der Waals surface area contributed by atoms with Gasteiger partial charge in [-0.05, 0) is 18.6 Å². The molecule has 1 rings (SSSR count). The molecule has 1 aromatic heterocycles. The van der Waals surface area contributed by atoms with Gasteiger partial charge in [-0.1, -0.05) is 6.07 Å². The first-order valence-corrected chi connectivity index (χ1v) is 5.93. The third-order valence-electron chi connectivity index (χ3n) is 2.54. The second-order valence-corrected chi connectivity index (χ2v) is 4.05. The minimum Gasteiger partial charge on any atom is -0.484 e. The fourth-order valence-electron chi connectivity index (χ4n) is 1.32. The first-order valence-electron chi connectivity index (χ1n) is 5.93. The zero-order chi connectivity index (χ0) is 15.1. The van der Waals surface area contributed by atoms with E-state index in [0.29, 0.717) is 18.1 Å². The van der Waals surface area contributed by atoms with E-state index >= 15 is 0 Å². The van der Waals surface area contributed by atoms with Gasteiger partial charge >= 0.3 is 0 Å². The van der Waals surface area contributed by atoms with Gasteiger partial charge in [0.2, 0.25) is 5.95 Å². The molecule has 4 N–H and O–H groups in total. The maximum absolute atomic E-state index is 12.6. The molecule has 0 amide bonds. The minimum absolute atomic E-state index is 0.0412. The molecule has 0 atom stereocenters. The maximum atomic E-state index is 12.6. The van der Waals surface area contributed by atoms with Crippen LogP contribution in [0, 0.1) is 11.4 Å². The molecule has 1 heterocycles. The van der Waals surface area contributed by atoms with Crippen LogP contribution < -0.4 is 11.1 Å². The Morgan fingerprint density at radius 2 is 2.20 bits per heavy atom. The quantitative estimate of drug-likeness (QED) is 0.442. The lowest BCUT2D eigenvalue weighted by atomic mass is 10.2. The highest BCUT2D eigenvalue weighted by Gasteiger charge is 2.05. The van der Waals surface area contributed by atoms with Gasteiger partial charge in [-0.3, -0.25) is 5.41 Å². The average Bonchev–Trinajstić information content (AvgIpc) is 2.45. The van der Waals surface area contributed by atoms with E-state index in [1.165, 1.54) is 19.4 Å². The third-order valence-corrected chi connectivity index (χ3v) is 2.54. The monoisotopic (exact) mass is 279 g/mol. The lowest BCUT2D eigenvalue weighted by Crippen LogP contribution is -2.28. The number of rotatable bonds is 4. The lowest BCUT2D eigenvalue weighted by molar-refractivity contribution is 0.399. The molecule has 0 unspecified atom stereocenters. The van der Waals surface area contributed by atoms with Crippen LogP contribution in [0.3, 0.4) is 0 Å². The van der Waals surface area contributed by atoms with Gasteiger partial charge in [0.25, 0.3) is 0 Å². The third kappa shape index (κ3) is 4.68. The van der Waals surface area contributed by atoms with Gasteiger partial charge in [-0.25, -0.2) is 9.98 Å². The summed E-state index contributed by atoms with van der Waals surface area (Å²) in [5, 5.41) is 10.6. The number of hydrogen-bond acceptors (Lipinski definition) is 5. The van der Waals surface area contributed by atoms with E-state index in [1.807, 2.05) is 0 Å². The summed E-state index contributed by atoms with van der Waals surface area (Å²) in [7, 11) is 1.51. The van der Waals surface area contributed by atoms with Crippen molar-refractivity contribution < 1.29 is 9.13 Å². The molecule has 20 heavy (non-hydrogen) atoms. The van der Waals surface area contributed by atoms with E-state index in [-0.39, 0.29) is 11.5 Å². The van der Waals surface area contributed by atoms with Crippen LogP contribution in [-0.2, 0) is 11.3 Å². The van der Waals surface area contributed by atoms with Gasteiger partial charge in [0.05, 0.1) is 18.5 Å². The fourth-order valence-corrected chi connectivity index (χ4v) is 1.32. The Hall–Kier alpha value is -2.44. The zero-order valence-corrected chi connectivity index (χ0v) is 11.7. The van der Waals surface area contributed by atoms with Crippen LogP contribution in [0.2, 0.25) is 0 Å². The summed E-state index contributed by atoms with van der Waals surface area (Å²) in [6.07, 6.45) is 1.40. The van der Waals surface area contributed by atoms with Crippen LogP contribution in [0.15, 0.2) is 34.7 Å². The Balaban J connectivity index is 2.66. The highest BCUT2D eigenvalue weighted by atomic mass is 19.1. The summed E-state index contributed by atoms with van der Waals surface area (Å²) < 4.78 is 17.6. The SMILES string of the molecule is CO/C(C)=N/C(C)=C(/N)C(=N)NCc1ccc(F)nc1. The maximum Gasteiger partial charge on any atom is 0.212 e. The normalized spacial score (nSPS) is 12.7. The molecule has 108 valence electrons. The summed E-state index contributed by atoms with van der Waals surface area (Å²) in [6, 6.07) is 2.85. The number of methoxy groups -OCH3 is 1. The molecule has 0 aliphatic rings. The molecule has 0 bridgehead atoms. The van der Waals surface area contributed by atoms with E-state index in [9.17, 15) is 4.39 Å². The van der Waals surface area contributed by atoms with Crippen molar-refractivity contribution in [1.82, 2.24) is 10.3 Å². The van der Waals surface area contributed by atoms with Crippen molar-refractivity contribution >= 4 is 11.7 Å². The highest BCUT2D eigenvalue weighted by Crippen LogP contribution is 2.03. The second kappa shape index (κ2) is 7.22. The molecule has 0 radical (unpaired) electrons. The van der Waals surface area contributed by atoms with Crippen LogP contribution in [0.1, 0.15) is 19.4 Å². The van der Waals surface area contributed by atoms with Crippen molar-refractivity contribution in [3.05, 3.63) is 41.2 Å². The second-order valence-electron chi connectivity index (χ2n) is 4.05. The van der Waals surface area contributed by atoms with E-state index < -0.39 is 5.95 Å². The summed E-state index contributed by atoms with van der Waals surface area (Å²) in [6.45, 7) is 3.71. The van der Waals surface area contributed by atoms with Gasteiger partial charge in [-0.2, -0.15) is 4.39 Å². The number of nitrogens with zero attached hydrogens (tertiary/aromatic N) is 2. The Labute approximate surface area is 117 Å². The van der Waals surface area contributed by atoms with E-state index in [1.54, 1.807) is 19.9 Å². The first kappa shape index (κ1) is 15.6. The number of allylic oxidation sites excluding steroid dienone is 1. The summed E-state index contributed by atoms with van der Waals surface area (Å²) in [5.74, 6) is -0.0380. The number of aliphatic imine (C=N–C) groups is 1. The van der Waals surface area contributed by atoms with E-state index in [2.05, 4.69) is 15.3 Å². The zero-order valence-electron chi connectivity index (χ0n) is 11.7. The molecule has 0 saturated carbocycles. The van der Waals surface area contributed by atoms with Crippen molar-refractivity contribution in [2.24, 2.45) is 10.7 Å². The van der Waals surface area contributed by atoms with Crippen molar-refractivity contribution in [2.45, 2.75) is 20.4 Å². The molecule has 0 aliphatic carbocycles. The highest BCUT2D eigenvalue weighted by molar-refractivity contribution is 5.95. The van der Waals surface area contributed by atoms with Crippen LogP contribution in [0.5, 0.6) is 0 Å². The standard InChI is InChI=1S/C13H18FN5O/c1-8(19-9(2)20-3)12(15)13(16)18-7-10-4-5-11(14)17-6-10/h4-6H,7,15H2,1-3H3,(H2,16,18)/b12-8+,19-9+. The molecule has 0 aliphatic heterocycles. The number of nitrogens with two attached hydrogens (primary N) is 1. The van der Waals surface area contributed by atoms with E-state index in [0.717, 1.165) is 5.56 Å². The average molecular weight is 279 g/mol. The van der Waals surface area contributed by atoms with Gasteiger partial charge in [0.15, 0.2) is 5.90 Å². The Kier molecular flexibility index (Phi) is 5.64. The Morgan fingerprint density at radius 1 is 1.50 bits per heavy atom. The first-order chi connectivity index (χ1) is 9.43. The summed E-state index contributed by atoms with van der Waals surface area (Å²) in [4.78, 5) is 7.62. The van der Waals surface area contributed by atoms with Crippen LogP contribution in [0.4, 0.5) is 4.39 Å². The number of nitrogens with one attached hydrogen (secondary N) is 2. The Morgan fingerprint density at radius 3 is 2.75 bits per heavy atom. The van der Waals surface area contributed by atoms with Gasteiger partial charge < -0.3 is 15.8 Å². The van der Waals surface area contributed by atoms with Crippen molar-refractivity contribution in [3.8, 4) is 0 Å². The van der Waals surface area contributed by atoms with Gasteiger partial charge in [0, 0.05) is 19.7 Å². The topological polar surface area (TPSA) is 96.4 Å². The summed E-state index contributed by atoms with van der Waals surface area (Å²) in [5.41, 5.74) is 7.26. The van der Waals surface area contributed by atoms with Gasteiger partial charge in [-0.15, -0.1) is 0 Å². The fraction of sp³-hybridized carbons (Fsp3) is 0.308. The van der Waals surface area contributed by atoms with Crippen LogP contribution in [0.25, 0.3) is 0 Å². The molecule has 0 fully saturated rings. The number of hydrogen-bond donors (Lipinski definition) is 3. The number of pyridine rings is 1. The number of halogens is 1. The molecule has 0 aromatic carbocycles. The molecule has 0 saturated heterocycles. The van der Waals surface area contributed by atoms with Crippen molar-refractivity contribution in [2.75, 3.05) is 7.11 Å². The van der Waals surface area contributed by atoms with Crippen LogP contribution >= 0.6 is 0 Å². The molecule has 6 nitrogen and oxygen atoms in total. The smallest absolute Gasteiger partial charge is 0.212 e. The molecule has 1 aromatic rings. The number of aromatic nitrogens is 1. The minimum atomic E-state index is -0.538. The summed E-state index contributed by atoms with van der Waals surface area (Å²) >= 11 is 0. The molecular weight excluding hydrogens is 261 g/mol.